The zero-order chi connectivity index (χ0) is 24.5. The molecule has 0 aromatic heterocycles. The zero-order valence-electron chi connectivity index (χ0n) is 17.9. The Hall–Kier alpha value is -3.69. The highest BCUT2D eigenvalue weighted by atomic mass is 79.9. The number of ether oxygens (including phenoxy) is 2. The molecule has 0 aliphatic heterocycles. The van der Waals surface area contributed by atoms with Gasteiger partial charge in [-0.15, -0.1) is 0 Å². The fourth-order valence-corrected chi connectivity index (χ4v) is 3.43. The van der Waals surface area contributed by atoms with E-state index in [0.29, 0.717) is 15.6 Å². The van der Waals surface area contributed by atoms with Crippen LogP contribution in [0.2, 0.25) is 5.02 Å². The maximum Gasteiger partial charge on any atom is 0.345 e. The molecule has 174 valence electrons. The Balaban J connectivity index is 1.56. The lowest BCUT2D eigenvalue weighted by Crippen LogP contribution is -2.35. The maximum atomic E-state index is 12.4. The van der Waals surface area contributed by atoms with Crippen LogP contribution in [-0.4, -0.2) is 37.7 Å². The van der Waals surface area contributed by atoms with Gasteiger partial charge in [-0.25, -0.2) is 10.2 Å². The SMILES string of the molecule is COc1cc(/C=N/NC(=O)CNC(=O)c2ccccc2Br)ccc1OC(=O)c1ccccc1Cl. The summed E-state index contributed by atoms with van der Waals surface area (Å²) in [7, 11) is 1.43. The summed E-state index contributed by atoms with van der Waals surface area (Å²) in [6.45, 7) is -0.252. The molecule has 8 nitrogen and oxygen atoms in total. The number of carbonyl (C=O) groups excluding carboxylic acids is 3. The van der Waals surface area contributed by atoms with Gasteiger partial charge in [-0.05, 0) is 64.0 Å². The molecule has 3 aromatic rings. The summed E-state index contributed by atoms with van der Waals surface area (Å²) in [5.41, 5.74) is 3.55. The number of esters is 1. The number of amides is 2. The summed E-state index contributed by atoms with van der Waals surface area (Å²) in [6, 6.07) is 18.2. The molecule has 0 aliphatic rings. The van der Waals surface area contributed by atoms with Gasteiger partial charge in [0.1, 0.15) is 0 Å². The van der Waals surface area contributed by atoms with Gasteiger partial charge in [0.2, 0.25) is 0 Å². The van der Waals surface area contributed by atoms with E-state index in [9.17, 15) is 14.4 Å². The van der Waals surface area contributed by atoms with E-state index in [-0.39, 0.29) is 28.6 Å². The molecule has 0 spiro atoms. The first kappa shape index (κ1) is 24.9. The van der Waals surface area contributed by atoms with Crippen LogP contribution in [0.4, 0.5) is 0 Å². The van der Waals surface area contributed by atoms with Gasteiger partial charge in [0.15, 0.2) is 11.5 Å². The van der Waals surface area contributed by atoms with Crippen LogP contribution in [0.3, 0.4) is 0 Å². The lowest BCUT2D eigenvalue weighted by atomic mass is 10.2. The summed E-state index contributed by atoms with van der Waals surface area (Å²) >= 11 is 9.32. The average Bonchev–Trinajstić information content (AvgIpc) is 2.83. The van der Waals surface area contributed by atoms with Crippen LogP contribution in [-0.2, 0) is 4.79 Å². The first-order valence-electron chi connectivity index (χ1n) is 9.88. The van der Waals surface area contributed by atoms with Gasteiger partial charge in [-0.1, -0.05) is 35.9 Å². The number of methoxy groups -OCH3 is 1. The van der Waals surface area contributed by atoms with Crippen LogP contribution in [0.25, 0.3) is 0 Å². The Bertz CT molecular complexity index is 1250. The second-order valence-electron chi connectivity index (χ2n) is 6.74. The molecule has 10 heteroatoms. The molecule has 0 heterocycles. The predicted octanol–water partition coefficient (Wildman–Crippen LogP) is 4.21. The van der Waals surface area contributed by atoms with Crippen molar-refractivity contribution in [3.05, 3.63) is 92.9 Å². The third kappa shape index (κ3) is 6.66. The molecule has 0 fully saturated rings. The maximum absolute atomic E-state index is 12.4. The van der Waals surface area contributed by atoms with Crippen molar-refractivity contribution in [3.8, 4) is 11.5 Å². The van der Waals surface area contributed by atoms with Gasteiger partial charge in [0, 0.05) is 4.47 Å². The second-order valence-corrected chi connectivity index (χ2v) is 8.00. The molecule has 0 unspecified atom stereocenters. The Labute approximate surface area is 209 Å². The van der Waals surface area contributed by atoms with E-state index in [2.05, 4.69) is 31.8 Å². The molecular weight excluding hydrogens is 526 g/mol. The largest absolute Gasteiger partial charge is 0.493 e. The molecule has 0 saturated carbocycles. The van der Waals surface area contributed by atoms with Gasteiger partial charge < -0.3 is 14.8 Å². The van der Waals surface area contributed by atoms with E-state index in [1.165, 1.54) is 19.4 Å². The van der Waals surface area contributed by atoms with E-state index < -0.39 is 17.8 Å². The molecule has 3 aromatic carbocycles. The normalized spacial score (nSPS) is 10.6. The highest BCUT2D eigenvalue weighted by Crippen LogP contribution is 2.29. The van der Waals surface area contributed by atoms with Gasteiger partial charge in [-0.2, -0.15) is 5.10 Å². The molecule has 0 radical (unpaired) electrons. The van der Waals surface area contributed by atoms with Crippen LogP contribution in [0.1, 0.15) is 26.3 Å². The molecular formula is C24H19BrClN3O5. The molecule has 34 heavy (non-hydrogen) atoms. The van der Waals surface area contributed by atoms with E-state index in [1.54, 1.807) is 60.7 Å². The summed E-state index contributed by atoms with van der Waals surface area (Å²) in [4.78, 5) is 36.5. The second kappa shape index (κ2) is 12.0. The van der Waals surface area contributed by atoms with Crippen LogP contribution in [0.15, 0.2) is 76.3 Å². The van der Waals surface area contributed by atoms with E-state index in [4.69, 9.17) is 21.1 Å². The Morgan fingerprint density at radius 3 is 2.41 bits per heavy atom. The summed E-state index contributed by atoms with van der Waals surface area (Å²) in [5.74, 6) is -1.03. The minimum absolute atomic E-state index is 0.198. The lowest BCUT2D eigenvalue weighted by Gasteiger charge is -2.10. The standard InChI is InChI=1S/C24H19BrClN3O5/c1-33-21-12-15(10-11-20(21)34-24(32)17-7-3-5-9-19(17)26)13-28-29-22(30)14-27-23(31)16-6-2-4-8-18(16)25/h2-13H,14H2,1H3,(H,27,31)(H,29,30)/b28-13+. The number of carbonyl (C=O) groups is 3. The van der Waals surface area contributed by atoms with Crippen molar-refractivity contribution in [2.75, 3.05) is 13.7 Å². The average molecular weight is 545 g/mol. The third-order valence-corrected chi connectivity index (χ3v) is 5.44. The number of hydrazone groups is 1. The van der Waals surface area contributed by atoms with Gasteiger partial charge in [-0.3, -0.25) is 9.59 Å². The van der Waals surface area contributed by atoms with Crippen molar-refractivity contribution >= 4 is 51.5 Å². The Kier molecular flexibility index (Phi) is 8.78. The van der Waals surface area contributed by atoms with Crippen LogP contribution in [0, 0.1) is 0 Å². The van der Waals surface area contributed by atoms with Gasteiger partial charge in [0.25, 0.3) is 11.8 Å². The molecule has 2 amide bonds. The number of nitrogens with zero attached hydrogens (tertiary/aromatic N) is 1. The monoisotopic (exact) mass is 543 g/mol. The smallest absolute Gasteiger partial charge is 0.345 e. The molecule has 0 aliphatic carbocycles. The molecule has 0 bridgehead atoms. The fourth-order valence-electron chi connectivity index (χ4n) is 2.75. The van der Waals surface area contributed by atoms with Crippen molar-refractivity contribution in [2.45, 2.75) is 0 Å². The predicted molar refractivity (Wildman–Crippen MR) is 132 cm³/mol. The van der Waals surface area contributed by atoms with Crippen LogP contribution in [0.5, 0.6) is 11.5 Å². The topological polar surface area (TPSA) is 106 Å². The van der Waals surface area contributed by atoms with Crippen LogP contribution < -0.4 is 20.2 Å². The Morgan fingerprint density at radius 1 is 1.00 bits per heavy atom. The minimum Gasteiger partial charge on any atom is -0.493 e. The van der Waals surface area contributed by atoms with Gasteiger partial charge in [0.05, 0.1) is 36.0 Å². The first-order chi connectivity index (χ1) is 16.4. The van der Waals surface area contributed by atoms with Crippen LogP contribution >= 0.6 is 27.5 Å². The Morgan fingerprint density at radius 2 is 1.71 bits per heavy atom. The number of hydrogen-bond acceptors (Lipinski definition) is 6. The number of rotatable bonds is 8. The highest BCUT2D eigenvalue weighted by molar-refractivity contribution is 9.10. The van der Waals surface area contributed by atoms with Crippen molar-refractivity contribution in [1.29, 1.82) is 0 Å². The van der Waals surface area contributed by atoms with E-state index in [1.807, 2.05) is 0 Å². The minimum atomic E-state index is -0.623. The quantitative estimate of drug-likeness (QED) is 0.191. The number of halogens is 2. The molecule has 0 atom stereocenters. The van der Waals surface area contributed by atoms with Crippen molar-refractivity contribution in [1.82, 2.24) is 10.7 Å². The summed E-state index contributed by atoms with van der Waals surface area (Å²) in [5, 5.41) is 6.66. The van der Waals surface area contributed by atoms with Gasteiger partial charge >= 0.3 is 5.97 Å². The number of benzene rings is 3. The van der Waals surface area contributed by atoms with Crippen molar-refractivity contribution < 1.29 is 23.9 Å². The highest BCUT2D eigenvalue weighted by Gasteiger charge is 2.15. The first-order valence-corrected chi connectivity index (χ1v) is 11.1. The molecule has 3 rings (SSSR count). The summed E-state index contributed by atoms with van der Waals surface area (Å²) in [6.07, 6.45) is 1.38. The van der Waals surface area contributed by atoms with E-state index in [0.717, 1.165) is 0 Å². The summed E-state index contributed by atoms with van der Waals surface area (Å²) < 4.78 is 11.3. The van der Waals surface area contributed by atoms with Crippen molar-refractivity contribution in [2.24, 2.45) is 5.10 Å². The van der Waals surface area contributed by atoms with Crippen molar-refractivity contribution in [3.63, 3.8) is 0 Å². The molecule has 2 N–H and O–H groups in total. The number of hydrogen-bond donors (Lipinski definition) is 2. The zero-order valence-corrected chi connectivity index (χ0v) is 20.2. The third-order valence-electron chi connectivity index (χ3n) is 4.41. The van der Waals surface area contributed by atoms with E-state index >= 15 is 0 Å². The lowest BCUT2D eigenvalue weighted by molar-refractivity contribution is -0.120. The number of nitrogens with one attached hydrogen (secondary N) is 2. The molecule has 0 saturated heterocycles. The fraction of sp³-hybridized carbons (Fsp3) is 0.0833.